The summed E-state index contributed by atoms with van der Waals surface area (Å²) in [5.41, 5.74) is -0.0164. The average Bonchev–Trinajstić information content (AvgIpc) is 2.58. The molecular formula is C17H14O7. The smallest absolute Gasteiger partial charge is 0.205 e. The van der Waals surface area contributed by atoms with Crippen LogP contribution in [0.4, 0.5) is 0 Å². The third kappa shape index (κ3) is 2.26. The van der Waals surface area contributed by atoms with E-state index in [9.17, 15) is 20.1 Å². The van der Waals surface area contributed by atoms with Crippen molar-refractivity contribution in [1.29, 1.82) is 0 Å². The molecule has 0 aliphatic rings. The fraction of sp³-hybridized carbons (Fsp3) is 0.118. The van der Waals surface area contributed by atoms with E-state index in [1.54, 1.807) is 6.07 Å². The number of fused-ring (bicyclic) bond motifs is 1. The lowest BCUT2D eigenvalue weighted by atomic mass is 10.0. The summed E-state index contributed by atoms with van der Waals surface area (Å²) in [6.07, 6.45) is 1.15. The second kappa shape index (κ2) is 5.69. The molecule has 1 heterocycles. The summed E-state index contributed by atoms with van der Waals surface area (Å²) in [5, 5.41) is 29.6. The molecule has 0 radical (unpaired) electrons. The molecular weight excluding hydrogens is 316 g/mol. The zero-order chi connectivity index (χ0) is 17.4. The van der Waals surface area contributed by atoms with Gasteiger partial charge in [0.1, 0.15) is 6.26 Å². The van der Waals surface area contributed by atoms with E-state index in [4.69, 9.17) is 13.9 Å². The number of methoxy groups -OCH3 is 2. The number of hydrogen-bond acceptors (Lipinski definition) is 7. The van der Waals surface area contributed by atoms with Crippen molar-refractivity contribution >= 4 is 11.0 Å². The van der Waals surface area contributed by atoms with Crippen LogP contribution in [-0.2, 0) is 0 Å². The van der Waals surface area contributed by atoms with E-state index in [0.717, 1.165) is 6.26 Å². The first-order valence-corrected chi connectivity index (χ1v) is 6.89. The second-order valence-electron chi connectivity index (χ2n) is 5.02. The maximum atomic E-state index is 12.7. The SMILES string of the molecule is COc1ccc(-c2coc3c(O)c(O)c(OC)cc3c2=O)cc1O. The van der Waals surface area contributed by atoms with Gasteiger partial charge in [0.2, 0.25) is 16.9 Å². The Morgan fingerprint density at radius 3 is 2.29 bits per heavy atom. The fourth-order valence-electron chi connectivity index (χ4n) is 2.43. The Morgan fingerprint density at radius 2 is 1.67 bits per heavy atom. The average molecular weight is 330 g/mol. The predicted octanol–water partition coefficient (Wildman–Crippen LogP) is 2.59. The molecule has 1 aromatic heterocycles. The van der Waals surface area contributed by atoms with Gasteiger partial charge in [-0.25, -0.2) is 0 Å². The highest BCUT2D eigenvalue weighted by Gasteiger charge is 2.19. The van der Waals surface area contributed by atoms with Crippen molar-refractivity contribution in [3.63, 3.8) is 0 Å². The molecule has 0 fully saturated rings. The number of phenols is 3. The zero-order valence-electron chi connectivity index (χ0n) is 12.9. The van der Waals surface area contributed by atoms with Gasteiger partial charge in [0.25, 0.3) is 0 Å². The van der Waals surface area contributed by atoms with Crippen LogP contribution in [0.2, 0.25) is 0 Å². The molecule has 3 aromatic rings. The Balaban J connectivity index is 2.28. The number of aromatic hydroxyl groups is 3. The molecule has 3 N–H and O–H groups in total. The number of hydrogen-bond donors (Lipinski definition) is 3. The van der Waals surface area contributed by atoms with Gasteiger partial charge in [-0.1, -0.05) is 6.07 Å². The fourth-order valence-corrected chi connectivity index (χ4v) is 2.43. The lowest BCUT2D eigenvalue weighted by molar-refractivity contribution is 0.350. The Hall–Kier alpha value is -3.35. The van der Waals surface area contributed by atoms with E-state index in [0.29, 0.717) is 5.56 Å². The van der Waals surface area contributed by atoms with Gasteiger partial charge in [0.15, 0.2) is 22.8 Å². The molecule has 2 aromatic carbocycles. The Bertz CT molecular complexity index is 988. The molecule has 7 nitrogen and oxygen atoms in total. The van der Waals surface area contributed by atoms with Crippen LogP contribution in [-0.4, -0.2) is 29.5 Å². The normalized spacial score (nSPS) is 10.8. The maximum absolute atomic E-state index is 12.7. The van der Waals surface area contributed by atoms with Gasteiger partial charge in [-0.05, 0) is 23.8 Å². The largest absolute Gasteiger partial charge is 0.504 e. The van der Waals surface area contributed by atoms with E-state index in [-0.39, 0.29) is 33.8 Å². The van der Waals surface area contributed by atoms with Crippen LogP contribution in [0.5, 0.6) is 28.7 Å². The van der Waals surface area contributed by atoms with Crippen LogP contribution < -0.4 is 14.9 Å². The molecule has 0 spiro atoms. The van der Waals surface area contributed by atoms with E-state index in [2.05, 4.69) is 0 Å². The molecule has 24 heavy (non-hydrogen) atoms. The van der Waals surface area contributed by atoms with Gasteiger partial charge in [-0.2, -0.15) is 0 Å². The standard InChI is InChI=1S/C17H14O7/c1-22-12-4-3-8(5-11(12)18)10-7-24-17-9(14(10)19)6-13(23-2)15(20)16(17)21/h3-7,18,20-21H,1-2H3. The molecule has 0 atom stereocenters. The third-order valence-electron chi connectivity index (χ3n) is 3.69. The summed E-state index contributed by atoms with van der Waals surface area (Å²) < 4.78 is 15.2. The van der Waals surface area contributed by atoms with Crippen molar-refractivity contribution in [2.24, 2.45) is 0 Å². The Morgan fingerprint density at radius 1 is 0.958 bits per heavy atom. The number of ether oxygens (including phenoxy) is 2. The summed E-state index contributed by atoms with van der Waals surface area (Å²) >= 11 is 0. The third-order valence-corrected chi connectivity index (χ3v) is 3.69. The predicted molar refractivity (Wildman–Crippen MR) is 86.0 cm³/mol. The molecule has 7 heteroatoms. The Kier molecular flexibility index (Phi) is 3.69. The van der Waals surface area contributed by atoms with Crippen molar-refractivity contribution in [2.75, 3.05) is 14.2 Å². The van der Waals surface area contributed by atoms with Gasteiger partial charge in [0, 0.05) is 0 Å². The number of phenolic OH excluding ortho intramolecular Hbond substituents is 3. The van der Waals surface area contributed by atoms with Crippen molar-refractivity contribution < 1.29 is 29.2 Å². The van der Waals surface area contributed by atoms with E-state index in [1.807, 2.05) is 0 Å². The van der Waals surface area contributed by atoms with Crippen LogP contribution in [0.1, 0.15) is 0 Å². The summed E-state index contributed by atoms with van der Waals surface area (Å²) in [4.78, 5) is 12.7. The van der Waals surface area contributed by atoms with Gasteiger partial charge >= 0.3 is 0 Å². The first kappa shape index (κ1) is 15.5. The molecule has 124 valence electrons. The van der Waals surface area contributed by atoms with Crippen LogP contribution >= 0.6 is 0 Å². The summed E-state index contributed by atoms with van der Waals surface area (Å²) in [5.74, 6) is -0.996. The molecule has 0 bridgehead atoms. The van der Waals surface area contributed by atoms with Gasteiger partial charge in [-0.3, -0.25) is 4.79 Å². The van der Waals surface area contributed by atoms with Gasteiger partial charge in [-0.15, -0.1) is 0 Å². The van der Waals surface area contributed by atoms with Crippen molar-refractivity contribution in [2.45, 2.75) is 0 Å². The molecule has 0 aliphatic carbocycles. The minimum Gasteiger partial charge on any atom is -0.504 e. The van der Waals surface area contributed by atoms with Crippen molar-refractivity contribution in [3.05, 3.63) is 40.8 Å². The van der Waals surface area contributed by atoms with Gasteiger partial charge < -0.3 is 29.2 Å². The molecule has 0 aliphatic heterocycles. The van der Waals surface area contributed by atoms with Crippen LogP contribution in [0.25, 0.3) is 22.1 Å². The van der Waals surface area contributed by atoms with E-state index < -0.39 is 16.9 Å². The zero-order valence-corrected chi connectivity index (χ0v) is 12.9. The lowest BCUT2D eigenvalue weighted by Gasteiger charge is -2.09. The molecule has 0 unspecified atom stereocenters. The summed E-state index contributed by atoms with van der Waals surface area (Å²) in [6, 6.07) is 5.76. The quantitative estimate of drug-likeness (QED) is 0.633. The lowest BCUT2D eigenvalue weighted by Crippen LogP contribution is -2.05. The minimum atomic E-state index is -0.578. The molecule has 3 rings (SSSR count). The van der Waals surface area contributed by atoms with Crippen LogP contribution in [0.3, 0.4) is 0 Å². The first-order valence-electron chi connectivity index (χ1n) is 6.89. The molecule has 0 saturated carbocycles. The number of rotatable bonds is 3. The topological polar surface area (TPSA) is 109 Å². The highest BCUT2D eigenvalue weighted by Crippen LogP contribution is 2.41. The van der Waals surface area contributed by atoms with Crippen molar-refractivity contribution in [3.8, 4) is 39.9 Å². The summed E-state index contributed by atoms with van der Waals surface area (Å²) in [6.45, 7) is 0. The van der Waals surface area contributed by atoms with Crippen molar-refractivity contribution in [1.82, 2.24) is 0 Å². The first-order chi connectivity index (χ1) is 11.5. The van der Waals surface area contributed by atoms with E-state index >= 15 is 0 Å². The number of benzene rings is 2. The van der Waals surface area contributed by atoms with Gasteiger partial charge in [0.05, 0.1) is 25.2 Å². The highest BCUT2D eigenvalue weighted by atomic mass is 16.5. The Labute approximate surface area is 135 Å². The molecule has 0 amide bonds. The highest BCUT2D eigenvalue weighted by molar-refractivity contribution is 5.90. The second-order valence-corrected chi connectivity index (χ2v) is 5.02. The molecule has 0 saturated heterocycles. The summed E-state index contributed by atoms with van der Waals surface area (Å²) in [7, 11) is 2.72. The van der Waals surface area contributed by atoms with Crippen LogP contribution in [0.15, 0.2) is 39.7 Å². The monoisotopic (exact) mass is 330 g/mol. The van der Waals surface area contributed by atoms with Crippen LogP contribution in [0, 0.1) is 0 Å². The maximum Gasteiger partial charge on any atom is 0.205 e. The minimum absolute atomic E-state index is 0.0370. The van der Waals surface area contributed by atoms with E-state index in [1.165, 1.54) is 32.4 Å².